The Morgan fingerprint density at radius 2 is 2.19 bits per heavy atom. The van der Waals surface area contributed by atoms with E-state index in [0.29, 0.717) is 11.4 Å². The molecular weight excluding hydrogens is 322 g/mol. The summed E-state index contributed by atoms with van der Waals surface area (Å²) in [6, 6.07) is 4.08. The third-order valence-corrected chi connectivity index (χ3v) is 5.20. The van der Waals surface area contributed by atoms with Crippen LogP contribution in [-0.4, -0.2) is 26.1 Å². The largest absolute Gasteiger partial charge is 0.354 e. The zero-order chi connectivity index (χ0) is 18.3. The standard InChI is InChI=1S/C21H23N5/c1-5-16-11-24-26-9-6-17(10-19(16)26)14(2)18-12-22-20(25-15(18)3)23-13-21(4)7-8-21/h5-6,9-12H,1-2,7-8,13H2,3-4H3,(H,22,23,25). The molecule has 3 aromatic heterocycles. The van der Waals surface area contributed by atoms with Crippen LogP contribution >= 0.6 is 0 Å². The van der Waals surface area contributed by atoms with Gasteiger partial charge in [0.25, 0.3) is 0 Å². The van der Waals surface area contributed by atoms with Crippen molar-refractivity contribution >= 4 is 23.1 Å². The van der Waals surface area contributed by atoms with E-state index >= 15 is 0 Å². The summed E-state index contributed by atoms with van der Waals surface area (Å²) in [5.74, 6) is 0.687. The normalized spacial score (nSPS) is 15.0. The van der Waals surface area contributed by atoms with E-state index in [0.717, 1.165) is 40.0 Å². The van der Waals surface area contributed by atoms with Crippen LogP contribution in [0.1, 0.15) is 42.1 Å². The number of nitrogens with one attached hydrogen (secondary N) is 1. The van der Waals surface area contributed by atoms with Crippen molar-refractivity contribution in [3.63, 3.8) is 0 Å². The van der Waals surface area contributed by atoms with E-state index in [1.165, 1.54) is 12.8 Å². The first-order valence-electron chi connectivity index (χ1n) is 8.86. The molecule has 1 fully saturated rings. The highest BCUT2D eigenvalue weighted by molar-refractivity contribution is 5.82. The highest BCUT2D eigenvalue weighted by Gasteiger charge is 2.36. The van der Waals surface area contributed by atoms with Gasteiger partial charge in [-0.1, -0.05) is 26.2 Å². The Labute approximate surface area is 153 Å². The minimum absolute atomic E-state index is 0.420. The first-order valence-corrected chi connectivity index (χ1v) is 8.86. The molecule has 3 aromatic rings. The minimum Gasteiger partial charge on any atom is -0.354 e. The van der Waals surface area contributed by atoms with Gasteiger partial charge in [0.15, 0.2) is 0 Å². The maximum atomic E-state index is 4.62. The van der Waals surface area contributed by atoms with Crippen molar-refractivity contribution in [3.05, 3.63) is 66.3 Å². The molecule has 0 aromatic carbocycles. The molecule has 0 radical (unpaired) electrons. The van der Waals surface area contributed by atoms with E-state index in [2.05, 4.69) is 46.5 Å². The smallest absolute Gasteiger partial charge is 0.222 e. The van der Waals surface area contributed by atoms with Crippen molar-refractivity contribution in [2.45, 2.75) is 26.7 Å². The van der Waals surface area contributed by atoms with Crippen LogP contribution < -0.4 is 5.32 Å². The second-order valence-corrected chi connectivity index (χ2v) is 7.38. The Balaban J connectivity index is 1.60. The Kier molecular flexibility index (Phi) is 3.87. The van der Waals surface area contributed by atoms with Crippen LogP contribution in [0.15, 0.2) is 43.9 Å². The first kappa shape index (κ1) is 16.5. The van der Waals surface area contributed by atoms with Crippen LogP contribution in [0.3, 0.4) is 0 Å². The molecule has 0 unspecified atom stereocenters. The van der Waals surface area contributed by atoms with Gasteiger partial charge in [-0.15, -0.1) is 0 Å². The molecule has 0 atom stereocenters. The van der Waals surface area contributed by atoms with Gasteiger partial charge in [0.2, 0.25) is 5.95 Å². The number of fused-ring (bicyclic) bond motifs is 1. The first-order chi connectivity index (χ1) is 12.5. The van der Waals surface area contributed by atoms with E-state index in [9.17, 15) is 0 Å². The fourth-order valence-electron chi connectivity index (χ4n) is 3.03. The summed E-state index contributed by atoms with van der Waals surface area (Å²) in [6.07, 6.45) is 9.96. The maximum absolute atomic E-state index is 4.62. The molecule has 26 heavy (non-hydrogen) atoms. The van der Waals surface area contributed by atoms with Crippen LogP contribution in [0.5, 0.6) is 0 Å². The molecule has 0 aliphatic heterocycles. The summed E-state index contributed by atoms with van der Waals surface area (Å²) < 4.78 is 1.84. The molecule has 1 aliphatic carbocycles. The molecule has 5 heteroatoms. The fourth-order valence-corrected chi connectivity index (χ4v) is 3.03. The maximum Gasteiger partial charge on any atom is 0.222 e. The Morgan fingerprint density at radius 1 is 1.38 bits per heavy atom. The summed E-state index contributed by atoms with van der Waals surface area (Å²) in [5.41, 5.74) is 6.24. The van der Waals surface area contributed by atoms with E-state index in [1.807, 2.05) is 42.2 Å². The molecule has 5 nitrogen and oxygen atoms in total. The molecule has 1 aliphatic rings. The summed E-state index contributed by atoms with van der Waals surface area (Å²) in [5, 5.41) is 7.67. The van der Waals surface area contributed by atoms with Crippen molar-refractivity contribution in [1.29, 1.82) is 0 Å². The number of pyridine rings is 1. The number of hydrogen-bond donors (Lipinski definition) is 1. The molecule has 132 valence electrons. The number of hydrogen-bond acceptors (Lipinski definition) is 4. The predicted octanol–water partition coefficient (Wildman–Crippen LogP) is 4.35. The van der Waals surface area contributed by atoms with Gasteiger partial charge in [0, 0.05) is 30.1 Å². The zero-order valence-electron chi connectivity index (χ0n) is 15.3. The molecule has 1 saturated carbocycles. The third-order valence-electron chi connectivity index (χ3n) is 5.20. The van der Waals surface area contributed by atoms with Gasteiger partial charge in [-0.05, 0) is 48.4 Å². The van der Waals surface area contributed by atoms with E-state index in [1.54, 1.807) is 0 Å². The molecule has 0 amide bonds. The Bertz CT molecular complexity index is 1010. The van der Waals surface area contributed by atoms with Crippen molar-refractivity contribution in [2.75, 3.05) is 11.9 Å². The summed E-state index contributed by atoms with van der Waals surface area (Å²) in [6.45, 7) is 13.3. The van der Waals surface area contributed by atoms with Crippen molar-refractivity contribution < 1.29 is 0 Å². The van der Waals surface area contributed by atoms with Crippen LogP contribution in [0.25, 0.3) is 17.2 Å². The molecule has 0 spiro atoms. The van der Waals surface area contributed by atoms with Crippen LogP contribution in [0.2, 0.25) is 0 Å². The molecule has 0 bridgehead atoms. The summed E-state index contributed by atoms with van der Waals surface area (Å²) in [7, 11) is 0. The summed E-state index contributed by atoms with van der Waals surface area (Å²) >= 11 is 0. The monoisotopic (exact) mass is 345 g/mol. The number of aryl methyl sites for hydroxylation is 1. The second kappa shape index (κ2) is 6.09. The molecule has 4 rings (SSSR count). The lowest BCUT2D eigenvalue weighted by Crippen LogP contribution is -2.14. The number of aromatic nitrogens is 4. The van der Waals surface area contributed by atoms with Gasteiger partial charge in [0.05, 0.1) is 17.4 Å². The molecular formula is C21H23N5. The van der Waals surface area contributed by atoms with Gasteiger partial charge < -0.3 is 5.32 Å². The molecule has 0 saturated heterocycles. The summed E-state index contributed by atoms with van der Waals surface area (Å²) in [4.78, 5) is 9.11. The number of rotatable bonds is 6. The quantitative estimate of drug-likeness (QED) is 0.722. The van der Waals surface area contributed by atoms with Crippen molar-refractivity contribution in [3.8, 4) is 0 Å². The van der Waals surface area contributed by atoms with Gasteiger partial charge in [-0.3, -0.25) is 0 Å². The van der Waals surface area contributed by atoms with Crippen LogP contribution in [0, 0.1) is 12.3 Å². The van der Waals surface area contributed by atoms with Crippen LogP contribution in [0.4, 0.5) is 5.95 Å². The average molecular weight is 345 g/mol. The molecule has 1 N–H and O–H groups in total. The van der Waals surface area contributed by atoms with E-state index in [4.69, 9.17) is 0 Å². The predicted molar refractivity (Wildman–Crippen MR) is 106 cm³/mol. The third kappa shape index (κ3) is 3.01. The lowest BCUT2D eigenvalue weighted by Gasteiger charge is -2.13. The minimum atomic E-state index is 0.420. The van der Waals surface area contributed by atoms with E-state index < -0.39 is 0 Å². The van der Waals surface area contributed by atoms with Gasteiger partial charge in [-0.25, -0.2) is 14.5 Å². The van der Waals surface area contributed by atoms with Gasteiger partial charge in [-0.2, -0.15) is 5.10 Å². The highest BCUT2D eigenvalue weighted by Crippen LogP contribution is 2.44. The lowest BCUT2D eigenvalue weighted by atomic mass is 10.00. The molecule has 3 heterocycles. The lowest BCUT2D eigenvalue weighted by molar-refractivity contribution is 0.607. The van der Waals surface area contributed by atoms with Crippen LogP contribution in [-0.2, 0) is 0 Å². The average Bonchev–Trinajstić information content (AvgIpc) is 3.24. The van der Waals surface area contributed by atoms with Crippen molar-refractivity contribution in [2.24, 2.45) is 5.41 Å². The number of nitrogens with zero attached hydrogens (tertiary/aromatic N) is 4. The van der Waals surface area contributed by atoms with Crippen molar-refractivity contribution in [1.82, 2.24) is 19.6 Å². The number of anilines is 1. The Hall–Kier alpha value is -2.95. The highest BCUT2D eigenvalue weighted by atomic mass is 15.2. The fraction of sp³-hybridized carbons (Fsp3) is 0.286. The zero-order valence-corrected chi connectivity index (χ0v) is 15.3. The van der Waals surface area contributed by atoms with Gasteiger partial charge >= 0.3 is 0 Å². The van der Waals surface area contributed by atoms with E-state index in [-0.39, 0.29) is 0 Å². The second-order valence-electron chi connectivity index (χ2n) is 7.38. The van der Waals surface area contributed by atoms with Gasteiger partial charge in [0.1, 0.15) is 0 Å². The SMILES string of the molecule is C=Cc1cnn2ccc(C(=C)c3cnc(NCC4(C)CC4)nc3C)cc12. The Morgan fingerprint density at radius 3 is 2.88 bits per heavy atom. The topological polar surface area (TPSA) is 55.1 Å².